The SMILES string of the molecule is CCC1(Cn2c(C)cc(C(=O)O)c2C)CCCC1. The summed E-state index contributed by atoms with van der Waals surface area (Å²) in [5.41, 5.74) is 2.82. The van der Waals surface area contributed by atoms with Crippen molar-refractivity contribution in [2.45, 2.75) is 59.4 Å². The van der Waals surface area contributed by atoms with Crippen LogP contribution >= 0.6 is 0 Å². The number of aromatic nitrogens is 1. The topological polar surface area (TPSA) is 42.2 Å². The van der Waals surface area contributed by atoms with E-state index in [9.17, 15) is 9.90 Å². The van der Waals surface area contributed by atoms with E-state index in [1.807, 2.05) is 13.8 Å². The molecule has 1 aromatic rings. The zero-order valence-corrected chi connectivity index (χ0v) is 11.6. The molecule has 0 radical (unpaired) electrons. The van der Waals surface area contributed by atoms with E-state index in [2.05, 4.69) is 11.5 Å². The second-order valence-corrected chi connectivity index (χ2v) is 5.74. The molecule has 0 bridgehead atoms. The molecule has 0 spiro atoms. The predicted octanol–water partition coefficient (Wildman–Crippen LogP) is 3.77. The van der Waals surface area contributed by atoms with Gasteiger partial charge in [0.05, 0.1) is 5.56 Å². The fourth-order valence-electron chi connectivity index (χ4n) is 3.34. The lowest BCUT2D eigenvalue weighted by atomic mass is 9.83. The number of carboxylic acids is 1. The zero-order chi connectivity index (χ0) is 13.3. The van der Waals surface area contributed by atoms with Crippen LogP contribution in [0.1, 0.15) is 60.8 Å². The normalized spacial score (nSPS) is 18.2. The van der Waals surface area contributed by atoms with Gasteiger partial charge >= 0.3 is 5.97 Å². The first-order chi connectivity index (χ1) is 8.49. The minimum Gasteiger partial charge on any atom is -0.478 e. The van der Waals surface area contributed by atoms with Gasteiger partial charge in [0.2, 0.25) is 0 Å². The number of hydrogen-bond acceptors (Lipinski definition) is 1. The summed E-state index contributed by atoms with van der Waals surface area (Å²) in [6.45, 7) is 7.18. The zero-order valence-electron chi connectivity index (χ0n) is 11.6. The molecule has 0 amide bonds. The van der Waals surface area contributed by atoms with Gasteiger partial charge in [-0.2, -0.15) is 0 Å². The third kappa shape index (κ3) is 2.18. The largest absolute Gasteiger partial charge is 0.478 e. The van der Waals surface area contributed by atoms with Crippen molar-refractivity contribution in [2.24, 2.45) is 5.41 Å². The van der Waals surface area contributed by atoms with Crippen molar-refractivity contribution in [2.75, 3.05) is 0 Å². The average molecular weight is 249 g/mol. The Hall–Kier alpha value is -1.25. The highest BCUT2D eigenvalue weighted by atomic mass is 16.4. The Labute approximate surface area is 109 Å². The Bertz CT molecular complexity index is 453. The first-order valence-corrected chi connectivity index (χ1v) is 6.89. The molecule has 0 aromatic carbocycles. The Kier molecular flexibility index (Phi) is 3.51. The molecule has 1 aliphatic carbocycles. The van der Waals surface area contributed by atoms with Gasteiger partial charge in [-0.05, 0) is 44.6 Å². The Morgan fingerprint density at radius 2 is 2.00 bits per heavy atom. The molecule has 0 aliphatic heterocycles. The number of aryl methyl sites for hydroxylation is 1. The molecule has 1 fully saturated rings. The Morgan fingerprint density at radius 3 is 2.44 bits per heavy atom. The Balaban J connectivity index is 2.31. The molecular formula is C15H23NO2. The maximum absolute atomic E-state index is 11.2. The molecule has 1 N–H and O–H groups in total. The van der Waals surface area contributed by atoms with Crippen molar-refractivity contribution in [3.05, 3.63) is 23.0 Å². The van der Waals surface area contributed by atoms with Crippen LogP contribution in [0.5, 0.6) is 0 Å². The lowest BCUT2D eigenvalue weighted by Gasteiger charge is -2.29. The summed E-state index contributed by atoms with van der Waals surface area (Å²) in [5, 5.41) is 9.17. The maximum atomic E-state index is 11.2. The third-order valence-corrected chi connectivity index (χ3v) is 4.71. The lowest BCUT2D eigenvalue weighted by molar-refractivity contribution is 0.0695. The van der Waals surface area contributed by atoms with Crippen molar-refractivity contribution in [1.29, 1.82) is 0 Å². The summed E-state index contributed by atoms with van der Waals surface area (Å²) >= 11 is 0. The summed E-state index contributed by atoms with van der Waals surface area (Å²) in [7, 11) is 0. The number of rotatable bonds is 4. The highest BCUT2D eigenvalue weighted by Crippen LogP contribution is 2.43. The molecule has 2 rings (SSSR count). The van der Waals surface area contributed by atoms with E-state index < -0.39 is 5.97 Å². The molecule has 0 saturated heterocycles. The van der Waals surface area contributed by atoms with Crippen molar-refractivity contribution >= 4 is 5.97 Å². The Morgan fingerprint density at radius 1 is 1.39 bits per heavy atom. The van der Waals surface area contributed by atoms with E-state index in [4.69, 9.17) is 0 Å². The number of aromatic carboxylic acids is 1. The second-order valence-electron chi connectivity index (χ2n) is 5.74. The number of carboxylic acid groups (broad SMARTS) is 1. The van der Waals surface area contributed by atoms with Crippen molar-refractivity contribution < 1.29 is 9.90 Å². The van der Waals surface area contributed by atoms with E-state index in [0.717, 1.165) is 17.9 Å². The van der Waals surface area contributed by atoms with Crippen LogP contribution in [0.2, 0.25) is 0 Å². The number of carbonyl (C=O) groups is 1. The van der Waals surface area contributed by atoms with E-state index in [-0.39, 0.29) is 0 Å². The van der Waals surface area contributed by atoms with Crippen LogP contribution in [0.4, 0.5) is 0 Å². The van der Waals surface area contributed by atoms with Crippen molar-refractivity contribution in [3.8, 4) is 0 Å². The van der Waals surface area contributed by atoms with E-state index in [1.54, 1.807) is 6.07 Å². The van der Waals surface area contributed by atoms with Crippen LogP contribution in [0.15, 0.2) is 6.07 Å². The molecule has 3 heteroatoms. The van der Waals surface area contributed by atoms with Crippen LogP contribution in [-0.2, 0) is 6.54 Å². The van der Waals surface area contributed by atoms with Gasteiger partial charge < -0.3 is 9.67 Å². The summed E-state index contributed by atoms with van der Waals surface area (Å²) in [6, 6.07) is 1.80. The lowest BCUT2D eigenvalue weighted by Crippen LogP contribution is -2.24. The molecule has 100 valence electrons. The molecule has 1 aromatic heterocycles. The summed E-state index contributed by atoms with van der Waals surface area (Å²) in [6.07, 6.45) is 6.39. The molecule has 1 saturated carbocycles. The first kappa shape index (κ1) is 13.2. The molecule has 3 nitrogen and oxygen atoms in total. The molecular weight excluding hydrogens is 226 g/mol. The molecule has 0 atom stereocenters. The quantitative estimate of drug-likeness (QED) is 0.882. The van der Waals surface area contributed by atoms with Crippen LogP contribution < -0.4 is 0 Å². The van der Waals surface area contributed by atoms with Gasteiger partial charge in [0.25, 0.3) is 0 Å². The maximum Gasteiger partial charge on any atom is 0.337 e. The van der Waals surface area contributed by atoms with Gasteiger partial charge in [-0.1, -0.05) is 19.8 Å². The van der Waals surface area contributed by atoms with Gasteiger partial charge in [0, 0.05) is 17.9 Å². The molecule has 1 aliphatic rings. The van der Waals surface area contributed by atoms with Gasteiger partial charge in [-0.3, -0.25) is 0 Å². The van der Waals surface area contributed by atoms with Gasteiger partial charge in [-0.25, -0.2) is 4.79 Å². The average Bonchev–Trinajstić information content (AvgIpc) is 2.90. The molecule has 1 heterocycles. The van der Waals surface area contributed by atoms with Crippen LogP contribution in [-0.4, -0.2) is 15.6 Å². The number of nitrogens with zero attached hydrogens (tertiary/aromatic N) is 1. The van der Waals surface area contributed by atoms with Crippen LogP contribution in [0, 0.1) is 19.3 Å². The van der Waals surface area contributed by atoms with Gasteiger partial charge in [0.1, 0.15) is 0 Å². The standard InChI is InChI=1S/C15H23NO2/c1-4-15(7-5-6-8-15)10-16-11(2)9-13(12(16)3)14(17)18/h9H,4-8,10H2,1-3H3,(H,17,18). The van der Waals surface area contributed by atoms with E-state index in [1.165, 1.54) is 32.1 Å². The minimum atomic E-state index is -0.814. The fourth-order valence-corrected chi connectivity index (χ4v) is 3.34. The van der Waals surface area contributed by atoms with Gasteiger partial charge in [-0.15, -0.1) is 0 Å². The molecule has 0 unspecified atom stereocenters. The third-order valence-electron chi connectivity index (χ3n) is 4.71. The van der Waals surface area contributed by atoms with Crippen LogP contribution in [0.3, 0.4) is 0 Å². The summed E-state index contributed by atoms with van der Waals surface area (Å²) in [4.78, 5) is 11.2. The van der Waals surface area contributed by atoms with Gasteiger partial charge in [0.15, 0.2) is 0 Å². The van der Waals surface area contributed by atoms with Crippen molar-refractivity contribution in [1.82, 2.24) is 4.57 Å². The monoisotopic (exact) mass is 249 g/mol. The number of hydrogen-bond donors (Lipinski definition) is 1. The van der Waals surface area contributed by atoms with Crippen molar-refractivity contribution in [3.63, 3.8) is 0 Å². The predicted molar refractivity (Wildman–Crippen MR) is 72.1 cm³/mol. The van der Waals surface area contributed by atoms with Crippen LogP contribution in [0.25, 0.3) is 0 Å². The molecule has 18 heavy (non-hydrogen) atoms. The van der Waals surface area contributed by atoms with E-state index in [0.29, 0.717) is 11.0 Å². The van der Waals surface area contributed by atoms with E-state index >= 15 is 0 Å². The fraction of sp³-hybridized carbons (Fsp3) is 0.667. The highest BCUT2D eigenvalue weighted by molar-refractivity contribution is 5.89. The first-order valence-electron chi connectivity index (χ1n) is 6.89. The second kappa shape index (κ2) is 4.79. The smallest absolute Gasteiger partial charge is 0.337 e. The minimum absolute atomic E-state index is 0.393. The summed E-state index contributed by atoms with van der Waals surface area (Å²) in [5.74, 6) is -0.814. The highest BCUT2D eigenvalue weighted by Gasteiger charge is 2.33. The summed E-state index contributed by atoms with van der Waals surface area (Å²) < 4.78 is 2.21.